The molecule has 0 heterocycles. The predicted molar refractivity (Wildman–Crippen MR) is 38.3 cm³/mol. The third-order valence-corrected chi connectivity index (χ3v) is 1.54. The van der Waals surface area contributed by atoms with Crippen LogP contribution in [0.5, 0.6) is 0 Å². The van der Waals surface area contributed by atoms with Gasteiger partial charge in [0.1, 0.15) is 0 Å². The van der Waals surface area contributed by atoms with E-state index in [0.717, 1.165) is 0 Å². The minimum absolute atomic E-state index is 0. The molecule has 0 rings (SSSR count). The average Bonchev–Trinajstić information content (AvgIpc) is 1.65. The Balaban J connectivity index is 0. The van der Waals surface area contributed by atoms with Gasteiger partial charge in [-0.05, 0) is 11.6 Å². The highest BCUT2D eigenvalue weighted by Gasteiger charge is 2.05. The van der Waals surface area contributed by atoms with Gasteiger partial charge in [0, 0.05) is 12.3 Å². The first-order valence-corrected chi connectivity index (χ1v) is 3.40. The van der Waals surface area contributed by atoms with E-state index in [1.807, 2.05) is 0 Å². The van der Waals surface area contributed by atoms with Gasteiger partial charge in [-0.25, -0.2) is 0 Å². The fourth-order valence-electron chi connectivity index (χ4n) is 0.229. The lowest BCUT2D eigenvalue weighted by molar-refractivity contribution is -0.111. The zero-order valence-electron chi connectivity index (χ0n) is 4.44. The van der Waals surface area contributed by atoms with Gasteiger partial charge in [-0.1, -0.05) is 0 Å². The molecule has 0 N–H and O–H groups in total. The number of alkyl halides is 2. The van der Waals surface area contributed by atoms with Crippen molar-refractivity contribution in [1.29, 1.82) is 0 Å². The fraction of sp³-hybridized carbons (Fsp3) is 0.750. The topological polar surface area (TPSA) is 17.1 Å². The molecule has 0 aromatic heterocycles. The van der Waals surface area contributed by atoms with E-state index in [1.165, 1.54) is 0 Å². The second kappa shape index (κ2) is 6.59. The summed E-state index contributed by atoms with van der Waals surface area (Å²) >= 11 is 15.6. The first-order valence-electron chi connectivity index (χ1n) is 2.05. The van der Waals surface area contributed by atoms with Crippen LogP contribution in [0.1, 0.15) is 6.42 Å². The highest BCUT2D eigenvalue weighted by atomic mass is 35.5. The molecule has 0 aromatic rings. The van der Waals surface area contributed by atoms with Crippen molar-refractivity contribution in [2.75, 3.05) is 5.88 Å². The normalized spacial score (nSPS) is 11.9. The number of carbonyl (C=O) groups is 1. The molecule has 1 unspecified atom stereocenters. The Hall–Kier alpha value is 0.470. The lowest BCUT2D eigenvalue weighted by atomic mass is 10.4. The summed E-state index contributed by atoms with van der Waals surface area (Å²) in [5.41, 5.74) is 0. The van der Waals surface area contributed by atoms with Crippen LogP contribution in [-0.2, 0) is 4.79 Å². The molecule has 5 heteroatoms. The molecular formula is C4H6Cl3FO. The van der Waals surface area contributed by atoms with Gasteiger partial charge < -0.3 is 0 Å². The lowest BCUT2D eigenvalue weighted by Crippen LogP contribution is -2.03. The van der Waals surface area contributed by atoms with Crippen LogP contribution in [0.15, 0.2) is 0 Å². The Morgan fingerprint density at radius 3 is 2.11 bits per heavy atom. The summed E-state index contributed by atoms with van der Waals surface area (Å²) in [4.78, 5) is 10.0. The van der Waals surface area contributed by atoms with Crippen LogP contribution in [0.2, 0.25) is 0 Å². The minimum Gasteiger partial charge on any atom is -0.281 e. The number of rotatable bonds is 3. The van der Waals surface area contributed by atoms with Crippen LogP contribution in [0.4, 0.5) is 4.70 Å². The van der Waals surface area contributed by atoms with E-state index in [-0.39, 0.29) is 22.4 Å². The lowest BCUT2D eigenvalue weighted by Gasteiger charge is -1.96. The fourth-order valence-corrected chi connectivity index (χ4v) is 0.743. The second-order valence-corrected chi connectivity index (χ2v) is 2.66. The molecule has 1 nitrogen and oxygen atoms in total. The molecule has 0 aliphatic carbocycles. The SMILES string of the molecule is F.O=C(Cl)CC(Cl)CCl. The third-order valence-electron chi connectivity index (χ3n) is 0.549. The Bertz CT molecular complexity index is 87.9. The Labute approximate surface area is 67.6 Å². The van der Waals surface area contributed by atoms with Crippen molar-refractivity contribution in [3.63, 3.8) is 0 Å². The van der Waals surface area contributed by atoms with Gasteiger partial charge in [-0.15, -0.1) is 23.2 Å². The van der Waals surface area contributed by atoms with Crippen LogP contribution >= 0.6 is 34.8 Å². The van der Waals surface area contributed by atoms with Crippen LogP contribution in [0.3, 0.4) is 0 Å². The zero-order chi connectivity index (χ0) is 6.57. The van der Waals surface area contributed by atoms with Crippen molar-refractivity contribution < 1.29 is 9.50 Å². The standard InChI is InChI=1S/C4H5Cl3O.FH/c5-2-3(6)1-4(7)8;/h3H,1-2H2;1H. The van der Waals surface area contributed by atoms with E-state index in [1.54, 1.807) is 0 Å². The molecule has 0 amide bonds. The number of carbonyl (C=O) groups excluding carboxylic acids is 1. The van der Waals surface area contributed by atoms with Crippen molar-refractivity contribution in [3.8, 4) is 0 Å². The Morgan fingerprint density at radius 2 is 2.00 bits per heavy atom. The third kappa shape index (κ3) is 8.47. The van der Waals surface area contributed by atoms with Gasteiger partial charge in [0.2, 0.25) is 5.24 Å². The highest BCUT2D eigenvalue weighted by Crippen LogP contribution is 2.05. The molecule has 56 valence electrons. The highest BCUT2D eigenvalue weighted by molar-refractivity contribution is 6.64. The van der Waals surface area contributed by atoms with Gasteiger partial charge in [0.05, 0.1) is 5.38 Å². The summed E-state index contributed by atoms with van der Waals surface area (Å²) in [6, 6.07) is 0. The number of halogens is 4. The Kier molecular flexibility index (Phi) is 8.91. The van der Waals surface area contributed by atoms with E-state index in [4.69, 9.17) is 34.8 Å². The van der Waals surface area contributed by atoms with Crippen LogP contribution < -0.4 is 0 Å². The van der Waals surface area contributed by atoms with Crippen LogP contribution in [0.25, 0.3) is 0 Å². The van der Waals surface area contributed by atoms with Gasteiger partial charge in [0.25, 0.3) is 0 Å². The molecule has 0 fully saturated rings. The quantitative estimate of drug-likeness (QED) is 0.498. The zero-order valence-corrected chi connectivity index (χ0v) is 6.71. The van der Waals surface area contributed by atoms with Crippen molar-refractivity contribution >= 4 is 40.0 Å². The van der Waals surface area contributed by atoms with E-state index >= 15 is 0 Å². The van der Waals surface area contributed by atoms with Crippen molar-refractivity contribution in [3.05, 3.63) is 0 Å². The first-order chi connectivity index (χ1) is 3.66. The predicted octanol–water partition coefficient (Wildman–Crippen LogP) is 2.14. The van der Waals surface area contributed by atoms with E-state index in [0.29, 0.717) is 0 Å². The smallest absolute Gasteiger partial charge is 0.223 e. The second-order valence-electron chi connectivity index (χ2n) is 1.31. The van der Waals surface area contributed by atoms with Crippen LogP contribution in [0, 0.1) is 0 Å². The molecule has 0 radical (unpaired) electrons. The average molecular weight is 195 g/mol. The molecule has 0 saturated heterocycles. The largest absolute Gasteiger partial charge is 0.281 e. The van der Waals surface area contributed by atoms with Crippen molar-refractivity contribution in [2.45, 2.75) is 11.8 Å². The molecule has 0 aliphatic rings. The monoisotopic (exact) mass is 194 g/mol. The van der Waals surface area contributed by atoms with Gasteiger partial charge >= 0.3 is 0 Å². The molecule has 9 heavy (non-hydrogen) atoms. The molecular weight excluding hydrogens is 189 g/mol. The van der Waals surface area contributed by atoms with E-state index < -0.39 is 5.24 Å². The maximum Gasteiger partial charge on any atom is 0.223 e. The van der Waals surface area contributed by atoms with Crippen molar-refractivity contribution in [1.82, 2.24) is 0 Å². The van der Waals surface area contributed by atoms with Crippen molar-refractivity contribution in [2.24, 2.45) is 0 Å². The molecule has 0 aromatic carbocycles. The maximum absolute atomic E-state index is 10.0. The first kappa shape index (κ1) is 12.2. The Morgan fingerprint density at radius 1 is 1.56 bits per heavy atom. The maximum atomic E-state index is 10.0. The summed E-state index contributed by atoms with van der Waals surface area (Å²) in [6.45, 7) is 0. The summed E-state index contributed by atoms with van der Waals surface area (Å²) in [6.07, 6.45) is 0.145. The van der Waals surface area contributed by atoms with Gasteiger partial charge in [-0.3, -0.25) is 9.50 Å². The summed E-state index contributed by atoms with van der Waals surface area (Å²) in [7, 11) is 0. The number of hydrogen-bond acceptors (Lipinski definition) is 1. The van der Waals surface area contributed by atoms with E-state index in [2.05, 4.69) is 0 Å². The van der Waals surface area contributed by atoms with Crippen LogP contribution in [-0.4, -0.2) is 16.5 Å². The molecule has 0 bridgehead atoms. The van der Waals surface area contributed by atoms with Gasteiger partial charge in [0.15, 0.2) is 0 Å². The molecule has 0 spiro atoms. The minimum atomic E-state index is -0.439. The van der Waals surface area contributed by atoms with E-state index in [9.17, 15) is 4.79 Å². The molecule has 0 aliphatic heterocycles. The summed E-state index contributed by atoms with van der Waals surface area (Å²) < 4.78 is 0. The molecule has 0 saturated carbocycles. The number of hydrogen-bond donors (Lipinski definition) is 0. The summed E-state index contributed by atoms with van der Waals surface area (Å²) in [5, 5.41) is -0.757. The summed E-state index contributed by atoms with van der Waals surface area (Å²) in [5.74, 6) is 0.264. The molecule has 1 atom stereocenters. The van der Waals surface area contributed by atoms with Gasteiger partial charge in [-0.2, -0.15) is 0 Å².